The van der Waals surface area contributed by atoms with Crippen molar-refractivity contribution < 1.29 is 9.90 Å². The van der Waals surface area contributed by atoms with Gasteiger partial charge >= 0.3 is 0 Å². The SMILES string of the molecule is O=C(Cc1cn(Cc2ccccc2Cl)cn1)Nc1ccc(CCNC[C@H](O)c2ccccc2)cc1. The van der Waals surface area contributed by atoms with E-state index in [1.165, 1.54) is 0 Å². The summed E-state index contributed by atoms with van der Waals surface area (Å²) in [6.45, 7) is 1.87. The maximum atomic E-state index is 12.5. The first-order valence-electron chi connectivity index (χ1n) is 11.6. The molecule has 0 aliphatic rings. The van der Waals surface area contributed by atoms with Gasteiger partial charge in [0.2, 0.25) is 5.91 Å². The monoisotopic (exact) mass is 488 g/mol. The summed E-state index contributed by atoms with van der Waals surface area (Å²) in [6, 6.07) is 25.1. The summed E-state index contributed by atoms with van der Waals surface area (Å²) in [7, 11) is 0. The Bertz CT molecular complexity index is 1230. The molecule has 0 unspecified atom stereocenters. The van der Waals surface area contributed by atoms with Gasteiger partial charge < -0.3 is 20.3 Å². The van der Waals surface area contributed by atoms with Crippen molar-refractivity contribution in [1.82, 2.24) is 14.9 Å². The lowest BCUT2D eigenvalue weighted by Gasteiger charge is -2.12. The maximum Gasteiger partial charge on any atom is 0.230 e. The van der Waals surface area contributed by atoms with Crippen LogP contribution in [0.5, 0.6) is 0 Å². The lowest BCUT2D eigenvalue weighted by molar-refractivity contribution is -0.115. The van der Waals surface area contributed by atoms with Crippen molar-refractivity contribution in [2.45, 2.75) is 25.5 Å². The van der Waals surface area contributed by atoms with Gasteiger partial charge in [-0.3, -0.25) is 4.79 Å². The highest BCUT2D eigenvalue weighted by molar-refractivity contribution is 6.31. The normalized spacial score (nSPS) is 11.8. The van der Waals surface area contributed by atoms with Crippen molar-refractivity contribution in [1.29, 1.82) is 0 Å². The molecule has 4 rings (SSSR count). The van der Waals surface area contributed by atoms with Crippen LogP contribution in [0, 0.1) is 0 Å². The third-order valence-corrected chi connectivity index (χ3v) is 6.06. The lowest BCUT2D eigenvalue weighted by atomic mass is 10.1. The molecule has 0 aliphatic carbocycles. The predicted octanol–water partition coefficient (Wildman–Crippen LogP) is 4.63. The smallest absolute Gasteiger partial charge is 0.230 e. The van der Waals surface area contributed by atoms with Gasteiger partial charge in [0, 0.05) is 30.0 Å². The van der Waals surface area contributed by atoms with Crippen LogP contribution in [0.2, 0.25) is 5.02 Å². The molecule has 0 aliphatic heterocycles. The summed E-state index contributed by atoms with van der Waals surface area (Å²) < 4.78 is 1.92. The number of aromatic nitrogens is 2. The molecule has 1 aromatic heterocycles. The van der Waals surface area contributed by atoms with Gasteiger partial charge in [0.25, 0.3) is 0 Å². The standard InChI is InChI=1S/C28H29ClN4O2/c29-26-9-5-4-8-23(26)18-33-19-25(31-20-33)16-28(35)32-24-12-10-21(11-13-24)14-15-30-17-27(34)22-6-2-1-3-7-22/h1-13,19-20,27,30,34H,14-18H2,(H,32,35)/t27-/m0/s1. The van der Waals surface area contributed by atoms with E-state index < -0.39 is 6.10 Å². The average molecular weight is 489 g/mol. The third kappa shape index (κ3) is 7.52. The van der Waals surface area contributed by atoms with Crippen molar-refractivity contribution in [3.8, 4) is 0 Å². The fourth-order valence-corrected chi connectivity index (χ4v) is 3.99. The van der Waals surface area contributed by atoms with Gasteiger partial charge in [-0.1, -0.05) is 72.3 Å². The average Bonchev–Trinajstić information content (AvgIpc) is 3.31. The van der Waals surface area contributed by atoms with E-state index in [1.54, 1.807) is 6.33 Å². The molecule has 180 valence electrons. The van der Waals surface area contributed by atoms with Crippen LogP contribution in [0.4, 0.5) is 5.69 Å². The van der Waals surface area contributed by atoms with Crippen molar-refractivity contribution >= 4 is 23.2 Å². The Labute approximate surface area is 210 Å². The number of imidazole rings is 1. The number of carbonyl (C=O) groups is 1. The molecule has 0 fully saturated rings. The largest absolute Gasteiger partial charge is 0.387 e. The molecule has 7 heteroatoms. The first-order valence-corrected chi connectivity index (χ1v) is 12.0. The number of benzene rings is 3. The van der Waals surface area contributed by atoms with E-state index in [2.05, 4.69) is 15.6 Å². The molecule has 0 saturated heterocycles. The van der Waals surface area contributed by atoms with Crippen LogP contribution in [-0.2, 0) is 24.2 Å². The fraction of sp³-hybridized carbons (Fsp3) is 0.214. The number of hydrogen-bond donors (Lipinski definition) is 3. The summed E-state index contributed by atoms with van der Waals surface area (Å²) in [5, 5.41) is 17.1. The van der Waals surface area contributed by atoms with Crippen molar-refractivity contribution in [2.75, 3.05) is 18.4 Å². The Morgan fingerprint density at radius 3 is 2.51 bits per heavy atom. The minimum absolute atomic E-state index is 0.114. The number of nitrogens with zero attached hydrogens (tertiary/aromatic N) is 2. The zero-order chi connectivity index (χ0) is 24.5. The van der Waals surface area contributed by atoms with Gasteiger partial charge in [0.15, 0.2) is 0 Å². The number of nitrogens with one attached hydrogen (secondary N) is 2. The number of amides is 1. The molecule has 0 radical (unpaired) electrons. The number of aliphatic hydroxyl groups excluding tert-OH is 1. The molecule has 1 heterocycles. The first-order chi connectivity index (χ1) is 17.1. The molecule has 6 nitrogen and oxygen atoms in total. The second-order valence-electron chi connectivity index (χ2n) is 8.43. The van der Waals surface area contributed by atoms with E-state index in [1.807, 2.05) is 89.6 Å². The van der Waals surface area contributed by atoms with E-state index in [0.29, 0.717) is 23.8 Å². The summed E-state index contributed by atoms with van der Waals surface area (Å²) >= 11 is 6.23. The minimum atomic E-state index is -0.517. The van der Waals surface area contributed by atoms with E-state index >= 15 is 0 Å². The highest BCUT2D eigenvalue weighted by atomic mass is 35.5. The van der Waals surface area contributed by atoms with Gasteiger partial charge in [0.1, 0.15) is 0 Å². The predicted molar refractivity (Wildman–Crippen MR) is 140 cm³/mol. The van der Waals surface area contributed by atoms with Gasteiger partial charge in [0.05, 0.1) is 24.5 Å². The molecule has 0 spiro atoms. The van der Waals surface area contributed by atoms with Crippen molar-refractivity contribution in [3.05, 3.63) is 119 Å². The Morgan fingerprint density at radius 1 is 1.00 bits per heavy atom. The maximum absolute atomic E-state index is 12.5. The van der Waals surface area contributed by atoms with E-state index in [9.17, 15) is 9.90 Å². The zero-order valence-electron chi connectivity index (χ0n) is 19.4. The van der Waals surface area contributed by atoms with Crippen molar-refractivity contribution in [3.63, 3.8) is 0 Å². The van der Waals surface area contributed by atoms with Gasteiger partial charge in [-0.2, -0.15) is 0 Å². The number of hydrogen-bond acceptors (Lipinski definition) is 4. The van der Waals surface area contributed by atoms with Crippen LogP contribution in [0.15, 0.2) is 91.4 Å². The van der Waals surface area contributed by atoms with Crippen LogP contribution >= 0.6 is 11.6 Å². The Kier molecular flexibility index (Phi) is 8.68. The molecule has 0 saturated carbocycles. The summed E-state index contributed by atoms with van der Waals surface area (Å²) in [4.78, 5) is 16.8. The molecule has 3 N–H and O–H groups in total. The van der Waals surface area contributed by atoms with Crippen LogP contribution in [0.1, 0.15) is 28.5 Å². The van der Waals surface area contributed by atoms with Crippen molar-refractivity contribution in [2.24, 2.45) is 0 Å². The van der Waals surface area contributed by atoms with Gasteiger partial charge in [-0.25, -0.2) is 4.98 Å². The van der Waals surface area contributed by atoms with E-state index in [4.69, 9.17) is 11.6 Å². The quantitative estimate of drug-likeness (QED) is 0.269. The highest BCUT2D eigenvalue weighted by Gasteiger charge is 2.09. The Hall–Kier alpha value is -3.45. The van der Waals surface area contributed by atoms with E-state index in [0.717, 1.165) is 35.3 Å². The number of anilines is 1. The number of halogens is 1. The third-order valence-electron chi connectivity index (χ3n) is 5.69. The highest BCUT2D eigenvalue weighted by Crippen LogP contribution is 2.17. The fourth-order valence-electron chi connectivity index (χ4n) is 3.80. The molecular weight excluding hydrogens is 460 g/mol. The first kappa shape index (κ1) is 24.7. The second-order valence-corrected chi connectivity index (χ2v) is 8.84. The molecule has 1 amide bonds. The molecule has 4 aromatic rings. The van der Waals surface area contributed by atoms with Gasteiger partial charge in [-0.15, -0.1) is 0 Å². The minimum Gasteiger partial charge on any atom is -0.387 e. The lowest BCUT2D eigenvalue weighted by Crippen LogP contribution is -2.23. The van der Waals surface area contributed by atoms with Crippen LogP contribution < -0.4 is 10.6 Å². The molecular formula is C28H29ClN4O2. The van der Waals surface area contributed by atoms with Gasteiger partial charge in [-0.05, 0) is 47.9 Å². The summed E-state index contributed by atoms with van der Waals surface area (Å²) in [6.07, 6.45) is 4.10. The Morgan fingerprint density at radius 2 is 1.74 bits per heavy atom. The van der Waals surface area contributed by atoms with Crippen LogP contribution in [0.25, 0.3) is 0 Å². The molecule has 3 aromatic carbocycles. The Balaban J connectivity index is 1.19. The zero-order valence-corrected chi connectivity index (χ0v) is 20.2. The van der Waals surface area contributed by atoms with E-state index in [-0.39, 0.29) is 12.3 Å². The topological polar surface area (TPSA) is 79.2 Å². The van der Waals surface area contributed by atoms with Crippen LogP contribution in [-0.4, -0.2) is 33.7 Å². The summed E-state index contributed by atoms with van der Waals surface area (Å²) in [5.41, 5.74) is 4.53. The second kappa shape index (κ2) is 12.3. The molecule has 0 bridgehead atoms. The van der Waals surface area contributed by atoms with Crippen LogP contribution in [0.3, 0.4) is 0 Å². The number of aliphatic hydroxyl groups is 1. The summed E-state index contributed by atoms with van der Waals surface area (Å²) in [5.74, 6) is -0.114. The number of carbonyl (C=O) groups excluding carboxylic acids is 1. The molecule has 1 atom stereocenters. The number of rotatable bonds is 11. The molecule has 35 heavy (non-hydrogen) atoms.